The summed E-state index contributed by atoms with van der Waals surface area (Å²) < 4.78 is 5.89. The van der Waals surface area contributed by atoms with Crippen molar-refractivity contribution in [1.29, 1.82) is 0 Å². The zero-order chi connectivity index (χ0) is 19.0. The number of hydrogen-bond acceptors (Lipinski definition) is 3. The summed E-state index contributed by atoms with van der Waals surface area (Å²) in [6, 6.07) is 15.1. The summed E-state index contributed by atoms with van der Waals surface area (Å²) >= 11 is 0. The van der Waals surface area contributed by atoms with Gasteiger partial charge in [0.15, 0.2) is 0 Å². The van der Waals surface area contributed by atoms with Crippen molar-refractivity contribution in [2.75, 3.05) is 4.90 Å². The molecule has 0 N–H and O–H groups in total. The number of imide groups is 1. The fourth-order valence-electron chi connectivity index (χ4n) is 5.69. The molecule has 4 aliphatic carbocycles. The standard InChI is InChI=1S/C24H21NO3/c1-13-3-2-4-16(11-13)28-15-7-5-14(6-8-15)25-23(26)21-17-9-10-18(20-12-19(17)20)22(21)24(25)27/h2-11,17-22H,12H2,1H3/t17-,18-,19-,20+,21+,22-/m1/s1. The summed E-state index contributed by atoms with van der Waals surface area (Å²) in [4.78, 5) is 27.7. The highest BCUT2D eigenvalue weighted by Crippen LogP contribution is 2.65. The number of carbonyl (C=O) groups excluding carboxylic acids is 2. The summed E-state index contributed by atoms with van der Waals surface area (Å²) in [5.74, 6) is 2.86. The van der Waals surface area contributed by atoms with Crippen LogP contribution >= 0.6 is 0 Å². The van der Waals surface area contributed by atoms with Gasteiger partial charge in [0.25, 0.3) is 0 Å². The van der Waals surface area contributed by atoms with Crippen LogP contribution in [0.15, 0.2) is 60.7 Å². The lowest BCUT2D eigenvalue weighted by atomic mass is 9.63. The van der Waals surface area contributed by atoms with Gasteiger partial charge in [-0.1, -0.05) is 24.3 Å². The molecular formula is C24H21NO3. The van der Waals surface area contributed by atoms with Crippen LogP contribution in [0.2, 0.25) is 0 Å². The Bertz CT molecular complexity index is 988. The summed E-state index contributed by atoms with van der Waals surface area (Å²) in [5.41, 5.74) is 1.78. The number of aryl methyl sites for hydroxylation is 1. The van der Waals surface area contributed by atoms with Gasteiger partial charge in [-0.2, -0.15) is 0 Å². The van der Waals surface area contributed by atoms with Gasteiger partial charge in [0.2, 0.25) is 11.8 Å². The topological polar surface area (TPSA) is 46.6 Å². The molecule has 2 saturated carbocycles. The Balaban J connectivity index is 1.27. The first-order valence-electron chi connectivity index (χ1n) is 10.0. The predicted molar refractivity (Wildman–Crippen MR) is 105 cm³/mol. The van der Waals surface area contributed by atoms with Gasteiger partial charge in [0.1, 0.15) is 11.5 Å². The third-order valence-electron chi connectivity index (χ3n) is 6.98. The molecule has 7 rings (SSSR count). The molecule has 2 bridgehead atoms. The molecule has 3 fully saturated rings. The van der Waals surface area contributed by atoms with E-state index in [1.165, 1.54) is 11.3 Å². The van der Waals surface area contributed by atoms with Crippen molar-refractivity contribution < 1.29 is 14.3 Å². The maximum Gasteiger partial charge on any atom is 0.238 e. The van der Waals surface area contributed by atoms with Gasteiger partial charge in [0, 0.05) is 0 Å². The quantitative estimate of drug-likeness (QED) is 0.595. The van der Waals surface area contributed by atoms with Gasteiger partial charge < -0.3 is 4.74 Å². The second-order valence-corrected chi connectivity index (χ2v) is 8.58. The molecule has 1 aliphatic heterocycles. The minimum Gasteiger partial charge on any atom is -0.457 e. The number of allylic oxidation sites excluding steroid dienone is 2. The van der Waals surface area contributed by atoms with E-state index in [0.717, 1.165) is 11.3 Å². The molecular weight excluding hydrogens is 350 g/mol. The average Bonchev–Trinajstić information content (AvgIpc) is 3.47. The third kappa shape index (κ3) is 2.17. The lowest BCUT2D eigenvalue weighted by Gasteiger charge is -2.37. The fraction of sp³-hybridized carbons (Fsp3) is 0.333. The highest BCUT2D eigenvalue weighted by Gasteiger charge is 2.67. The van der Waals surface area contributed by atoms with Crippen molar-refractivity contribution >= 4 is 17.5 Å². The van der Waals surface area contributed by atoms with Crippen LogP contribution < -0.4 is 9.64 Å². The molecule has 1 saturated heterocycles. The molecule has 0 aromatic heterocycles. The highest BCUT2D eigenvalue weighted by molar-refractivity contribution is 6.22. The Morgan fingerprint density at radius 1 is 0.857 bits per heavy atom. The van der Waals surface area contributed by atoms with E-state index < -0.39 is 0 Å². The van der Waals surface area contributed by atoms with Crippen molar-refractivity contribution in [1.82, 2.24) is 0 Å². The minimum atomic E-state index is -0.158. The molecule has 5 aliphatic rings. The van der Waals surface area contributed by atoms with Crippen LogP contribution in [0.25, 0.3) is 0 Å². The van der Waals surface area contributed by atoms with Crippen LogP contribution in [0.3, 0.4) is 0 Å². The summed E-state index contributed by atoms with van der Waals surface area (Å²) in [6.07, 6.45) is 5.59. The molecule has 0 spiro atoms. The van der Waals surface area contributed by atoms with Crippen molar-refractivity contribution in [3.05, 3.63) is 66.2 Å². The molecule has 140 valence electrons. The molecule has 0 radical (unpaired) electrons. The van der Waals surface area contributed by atoms with Crippen molar-refractivity contribution in [3.8, 4) is 11.5 Å². The van der Waals surface area contributed by atoms with Gasteiger partial charge in [0.05, 0.1) is 17.5 Å². The Morgan fingerprint density at radius 2 is 1.50 bits per heavy atom. The molecule has 2 aromatic carbocycles. The molecule has 0 unspecified atom stereocenters. The monoisotopic (exact) mass is 371 g/mol. The van der Waals surface area contributed by atoms with E-state index in [1.807, 2.05) is 55.5 Å². The molecule has 6 atom stereocenters. The highest BCUT2D eigenvalue weighted by atomic mass is 16.5. The molecule has 4 heteroatoms. The summed E-state index contributed by atoms with van der Waals surface area (Å²) in [6.45, 7) is 2.02. The fourth-order valence-corrected chi connectivity index (χ4v) is 5.69. The molecule has 1 heterocycles. The number of nitrogens with zero attached hydrogens (tertiary/aromatic N) is 1. The molecule has 4 nitrogen and oxygen atoms in total. The molecule has 2 aromatic rings. The SMILES string of the molecule is Cc1cccc(Oc2ccc(N3C(=O)[C@@H]4[C@@H]5C=C[C@H]([C@H]6C[C@@H]56)[C@@H]4C3=O)cc2)c1. The lowest BCUT2D eigenvalue weighted by Crippen LogP contribution is -2.40. The maximum absolute atomic E-state index is 13.2. The van der Waals surface area contributed by atoms with Crippen LogP contribution in [0.5, 0.6) is 11.5 Å². The predicted octanol–water partition coefficient (Wildman–Crippen LogP) is 4.34. The summed E-state index contributed by atoms with van der Waals surface area (Å²) in [5, 5.41) is 0. The number of carbonyl (C=O) groups is 2. The molecule has 2 amide bonds. The van der Waals surface area contributed by atoms with Crippen LogP contribution in [-0.2, 0) is 9.59 Å². The Morgan fingerprint density at radius 3 is 2.11 bits per heavy atom. The zero-order valence-electron chi connectivity index (χ0n) is 15.6. The largest absolute Gasteiger partial charge is 0.457 e. The Kier molecular flexibility index (Phi) is 3.20. The van der Waals surface area contributed by atoms with Crippen molar-refractivity contribution in [2.24, 2.45) is 35.5 Å². The van der Waals surface area contributed by atoms with Gasteiger partial charge in [-0.25, -0.2) is 0 Å². The maximum atomic E-state index is 13.2. The molecule has 28 heavy (non-hydrogen) atoms. The Hall–Kier alpha value is -2.88. The summed E-state index contributed by atoms with van der Waals surface area (Å²) in [7, 11) is 0. The van der Waals surface area contributed by atoms with Crippen LogP contribution in [0.1, 0.15) is 12.0 Å². The number of ether oxygens (including phenoxy) is 1. The number of hydrogen-bond donors (Lipinski definition) is 0. The van der Waals surface area contributed by atoms with Gasteiger partial charge >= 0.3 is 0 Å². The first kappa shape index (κ1) is 16.1. The van der Waals surface area contributed by atoms with Crippen LogP contribution in [0.4, 0.5) is 5.69 Å². The number of amides is 2. The van der Waals surface area contributed by atoms with E-state index in [0.29, 0.717) is 23.3 Å². The Labute approximate surface area is 163 Å². The van der Waals surface area contributed by atoms with E-state index >= 15 is 0 Å². The van der Waals surface area contributed by atoms with E-state index in [4.69, 9.17) is 4.74 Å². The van der Waals surface area contributed by atoms with E-state index in [9.17, 15) is 9.59 Å². The van der Waals surface area contributed by atoms with E-state index in [1.54, 1.807) is 0 Å². The smallest absolute Gasteiger partial charge is 0.238 e. The van der Waals surface area contributed by atoms with Crippen LogP contribution in [-0.4, -0.2) is 11.8 Å². The first-order valence-corrected chi connectivity index (χ1v) is 10.0. The first-order chi connectivity index (χ1) is 13.6. The van der Waals surface area contributed by atoms with E-state index in [-0.39, 0.29) is 35.5 Å². The number of anilines is 1. The minimum absolute atomic E-state index is 0.0212. The average molecular weight is 371 g/mol. The van der Waals surface area contributed by atoms with Gasteiger partial charge in [-0.15, -0.1) is 0 Å². The second kappa shape index (κ2) is 5.57. The van der Waals surface area contributed by atoms with Crippen molar-refractivity contribution in [3.63, 3.8) is 0 Å². The third-order valence-corrected chi connectivity index (χ3v) is 6.98. The van der Waals surface area contributed by atoms with Gasteiger partial charge in [-0.3, -0.25) is 14.5 Å². The normalized spacial score (nSPS) is 34.4. The van der Waals surface area contributed by atoms with Gasteiger partial charge in [-0.05, 0) is 79.0 Å². The van der Waals surface area contributed by atoms with Crippen LogP contribution in [0, 0.1) is 42.4 Å². The number of benzene rings is 2. The van der Waals surface area contributed by atoms with Crippen molar-refractivity contribution in [2.45, 2.75) is 13.3 Å². The van der Waals surface area contributed by atoms with E-state index in [2.05, 4.69) is 12.2 Å². The second-order valence-electron chi connectivity index (χ2n) is 8.58. The lowest BCUT2D eigenvalue weighted by molar-refractivity contribution is -0.124. The zero-order valence-corrected chi connectivity index (χ0v) is 15.6. The number of rotatable bonds is 3.